The van der Waals surface area contributed by atoms with Crippen LogP contribution in [0.3, 0.4) is 0 Å². The first-order valence-electron chi connectivity index (χ1n) is 9.87. The highest BCUT2D eigenvalue weighted by atomic mass is 19.1. The van der Waals surface area contributed by atoms with E-state index in [-0.39, 0.29) is 23.5 Å². The molecule has 0 bridgehead atoms. The fourth-order valence-corrected chi connectivity index (χ4v) is 3.67. The molecule has 0 atom stereocenters. The van der Waals surface area contributed by atoms with Gasteiger partial charge in [0.15, 0.2) is 0 Å². The van der Waals surface area contributed by atoms with Gasteiger partial charge in [0.25, 0.3) is 0 Å². The molecule has 1 fully saturated rings. The summed E-state index contributed by atoms with van der Waals surface area (Å²) in [5, 5.41) is 2.91. The molecule has 148 valence electrons. The Hall–Kier alpha value is -2.69. The van der Waals surface area contributed by atoms with E-state index < -0.39 is 0 Å². The zero-order valence-corrected chi connectivity index (χ0v) is 16.3. The Labute approximate surface area is 165 Å². The zero-order chi connectivity index (χ0) is 19.9. The Morgan fingerprint density at radius 3 is 2.57 bits per heavy atom. The number of likely N-dealkylation sites (tertiary alicyclic amines) is 1. The predicted octanol–water partition coefficient (Wildman–Crippen LogP) is 3.27. The van der Waals surface area contributed by atoms with E-state index in [9.17, 15) is 14.0 Å². The summed E-state index contributed by atoms with van der Waals surface area (Å²) < 4.78 is 13.6. The second kappa shape index (κ2) is 9.49. The molecular weight excluding hydrogens is 355 g/mol. The molecule has 1 N–H and O–H groups in total. The molecule has 1 aliphatic rings. The van der Waals surface area contributed by atoms with Crippen LogP contribution in [0, 0.1) is 18.7 Å². The quantitative estimate of drug-likeness (QED) is 0.834. The minimum Gasteiger partial charge on any atom is -0.356 e. The smallest absolute Gasteiger partial charge is 0.226 e. The third-order valence-corrected chi connectivity index (χ3v) is 5.31. The van der Waals surface area contributed by atoms with Crippen LogP contribution in [-0.4, -0.2) is 36.3 Å². The van der Waals surface area contributed by atoms with Crippen LogP contribution in [0.4, 0.5) is 4.39 Å². The highest BCUT2D eigenvalue weighted by molar-refractivity contribution is 5.81. The lowest BCUT2D eigenvalue weighted by molar-refractivity contribution is -0.135. The van der Waals surface area contributed by atoms with Crippen molar-refractivity contribution in [1.29, 1.82) is 0 Å². The lowest BCUT2D eigenvalue weighted by Gasteiger charge is -2.31. The second-order valence-electron chi connectivity index (χ2n) is 7.45. The van der Waals surface area contributed by atoms with Crippen molar-refractivity contribution >= 4 is 11.8 Å². The summed E-state index contributed by atoms with van der Waals surface area (Å²) in [6.07, 6.45) is 2.23. The highest BCUT2D eigenvalue weighted by Crippen LogP contribution is 2.19. The third-order valence-electron chi connectivity index (χ3n) is 5.31. The fraction of sp³-hybridized carbons (Fsp3) is 0.391. The fourth-order valence-electron chi connectivity index (χ4n) is 3.67. The number of aryl methyl sites for hydroxylation is 1. The molecule has 2 aromatic rings. The number of carbonyl (C=O) groups is 2. The van der Waals surface area contributed by atoms with Crippen molar-refractivity contribution < 1.29 is 14.0 Å². The summed E-state index contributed by atoms with van der Waals surface area (Å²) in [6.45, 7) is 3.66. The van der Waals surface area contributed by atoms with Gasteiger partial charge in [-0.25, -0.2) is 4.39 Å². The monoisotopic (exact) mass is 382 g/mol. The Balaban J connectivity index is 1.41. The molecule has 5 heteroatoms. The van der Waals surface area contributed by atoms with E-state index in [1.165, 1.54) is 6.07 Å². The van der Waals surface area contributed by atoms with Gasteiger partial charge >= 0.3 is 0 Å². The minimum absolute atomic E-state index is 0.00197. The van der Waals surface area contributed by atoms with Gasteiger partial charge in [0, 0.05) is 25.6 Å². The molecule has 0 aliphatic carbocycles. The number of carbonyl (C=O) groups excluding carboxylic acids is 2. The first-order valence-corrected chi connectivity index (χ1v) is 9.87. The first kappa shape index (κ1) is 20.1. The van der Waals surface area contributed by atoms with Crippen molar-refractivity contribution in [1.82, 2.24) is 10.2 Å². The molecule has 0 aromatic heterocycles. The number of nitrogens with one attached hydrogen (secondary N) is 1. The van der Waals surface area contributed by atoms with Gasteiger partial charge in [-0.05, 0) is 43.4 Å². The van der Waals surface area contributed by atoms with Crippen LogP contribution >= 0.6 is 0 Å². The van der Waals surface area contributed by atoms with Crippen molar-refractivity contribution in [3.8, 4) is 0 Å². The molecule has 4 nitrogen and oxygen atoms in total. The molecule has 0 spiro atoms. The van der Waals surface area contributed by atoms with Crippen molar-refractivity contribution in [3.63, 3.8) is 0 Å². The maximum Gasteiger partial charge on any atom is 0.226 e. The van der Waals surface area contributed by atoms with Gasteiger partial charge in [0.05, 0.1) is 6.42 Å². The molecular formula is C23H27FN2O2. The van der Waals surface area contributed by atoms with E-state index in [0.29, 0.717) is 50.9 Å². The van der Waals surface area contributed by atoms with Gasteiger partial charge in [-0.2, -0.15) is 0 Å². The Morgan fingerprint density at radius 2 is 1.86 bits per heavy atom. The maximum atomic E-state index is 13.6. The Kier molecular flexibility index (Phi) is 6.80. The van der Waals surface area contributed by atoms with Gasteiger partial charge < -0.3 is 10.2 Å². The molecule has 1 heterocycles. The van der Waals surface area contributed by atoms with Crippen LogP contribution in [0.1, 0.15) is 29.5 Å². The number of piperidine rings is 1. The standard InChI is InChI=1S/C23H27FN2O2/c1-17-5-4-6-18(15-17)16-22(27)26-13-10-20(11-14-26)23(28)25-12-9-19-7-2-3-8-21(19)24/h2-8,15,20H,9-14,16H2,1H3,(H,25,28). The molecule has 1 aliphatic heterocycles. The predicted molar refractivity (Wildman–Crippen MR) is 107 cm³/mol. The van der Waals surface area contributed by atoms with Crippen molar-refractivity contribution in [2.45, 2.75) is 32.6 Å². The van der Waals surface area contributed by atoms with E-state index in [0.717, 1.165) is 11.1 Å². The summed E-state index contributed by atoms with van der Waals surface area (Å²) in [6, 6.07) is 14.6. The number of nitrogens with zero attached hydrogens (tertiary/aromatic N) is 1. The van der Waals surface area contributed by atoms with Gasteiger partial charge in [-0.15, -0.1) is 0 Å². The number of benzene rings is 2. The third kappa shape index (κ3) is 5.41. The van der Waals surface area contributed by atoms with Gasteiger partial charge in [0.1, 0.15) is 5.82 Å². The summed E-state index contributed by atoms with van der Waals surface area (Å²) in [4.78, 5) is 26.7. The summed E-state index contributed by atoms with van der Waals surface area (Å²) in [5.74, 6) is -0.202. The van der Waals surface area contributed by atoms with Crippen LogP contribution in [0.15, 0.2) is 48.5 Å². The molecule has 2 aromatic carbocycles. The van der Waals surface area contributed by atoms with Crippen LogP contribution in [0.2, 0.25) is 0 Å². The van der Waals surface area contributed by atoms with Gasteiger partial charge in [0.2, 0.25) is 11.8 Å². The Morgan fingerprint density at radius 1 is 1.11 bits per heavy atom. The molecule has 0 unspecified atom stereocenters. The average molecular weight is 382 g/mol. The van der Waals surface area contributed by atoms with Crippen LogP contribution in [0.5, 0.6) is 0 Å². The minimum atomic E-state index is -0.239. The zero-order valence-electron chi connectivity index (χ0n) is 16.3. The number of hydrogen-bond donors (Lipinski definition) is 1. The van der Waals surface area contributed by atoms with Crippen molar-refractivity contribution in [2.75, 3.05) is 19.6 Å². The number of rotatable bonds is 6. The topological polar surface area (TPSA) is 49.4 Å². The number of hydrogen-bond acceptors (Lipinski definition) is 2. The van der Waals surface area contributed by atoms with Crippen molar-refractivity contribution in [2.24, 2.45) is 5.92 Å². The largest absolute Gasteiger partial charge is 0.356 e. The summed E-state index contributed by atoms with van der Waals surface area (Å²) in [5.41, 5.74) is 2.79. The van der Waals surface area contributed by atoms with E-state index in [1.54, 1.807) is 18.2 Å². The van der Waals surface area contributed by atoms with E-state index in [2.05, 4.69) is 5.32 Å². The average Bonchev–Trinajstić information content (AvgIpc) is 2.69. The van der Waals surface area contributed by atoms with Crippen LogP contribution in [-0.2, 0) is 22.4 Å². The maximum absolute atomic E-state index is 13.6. The van der Waals surface area contributed by atoms with E-state index in [4.69, 9.17) is 0 Å². The highest BCUT2D eigenvalue weighted by Gasteiger charge is 2.27. The molecule has 1 saturated heterocycles. The number of amides is 2. The van der Waals surface area contributed by atoms with Crippen molar-refractivity contribution in [3.05, 3.63) is 71.0 Å². The van der Waals surface area contributed by atoms with E-state index in [1.807, 2.05) is 36.1 Å². The van der Waals surface area contributed by atoms with Crippen LogP contribution in [0.25, 0.3) is 0 Å². The normalized spacial score (nSPS) is 14.7. The first-order chi connectivity index (χ1) is 13.5. The lowest BCUT2D eigenvalue weighted by Crippen LogP contribution is -2.43. The SMILES string of the molecule is Cc1cccc(CC(=O)N2CCC(C(=O)NCCc3ccccc3F)CC2)c1. The second-order valence-corrected chi connectivity index (χ2v) is 7.45. The van der Waals surface area contributed by atoms with Gasteiger partial charge in [-0.1, -0.05) is 48.0 Å². The molecule has 3 rings (SSSR count). The van der Waals surface area contributed by atoms with E-state index >= 15 is 0 Å². The molecule has 0 radical (unpaired) electrons. The van der Waals surface area contributed by atoms with Crippen LogP contribution < -0.4 is 5.32 Å². The molecule has 2 amide bonds. The molecule has 28 heavy (non-hydrogen) atoms. The Bertz CT molecular complexity index is 829. The molecule has 0 saturated carbocycles. The summed E-state index contributed by atoms with van der Waals surface area (Å²) in [7, 11) is 0. The van der Waals surface area contributed by atoms with Gasteiger partial charge in [-0.3, -0.25) is 9.59 Å². The number of halogens is 1. The lowest BCUT2D eigenvalue weighted by atomic mass is 9.95. The summed E-state index contributed by atoms with van der Waals surface area (Å²) >= 11 is 0.